The van der Waals surface area contributed by atoms with Gasteiger partial charge in [-0.3, -0.25) is 10.1 Å². The van der Waals surface area contributed by atoms with Gasteiger partial charge in [0.15, 0.2) is 5.58 Å². The van der Waals surface area contributed by atoms with Crippen LogP contribution >= 0.6 is 0 Å². The normalized spacial score (nSPS) is 11.9. The minimum atomic E-state index is -1.05. The Labute approximate surface area is 171 Å². The van der Waals surface area contributed by atoms with Crippen LogP contribution < -0.4 is 5.32 Å². The van der Waals surface area contributed by atoms with Crippen LogP contribution in [0.5, 0.6) is 0 Å². The highest BCUT2D eigenvalue weighted by Crippen LogP contribution is 2.25. The van der Waals surface area contributed by atoms with Crippen LogP contribution in [0.25, 0.3) is 11.1 Å². The number of carbonyl (C=O) groups is 2. The number of para-hydroxylation sites is 2. The Hall–Kier alpha value is -4.00. The van der Waals surface area contributed by atoms with Gasteiger partial charge in [0.05, 0.1) is 11.5 Å². The molecule has 1 atom stereocenters. The summed E-state index contributed by atoms with van der Waals surface area (Å²) >= 11 is 0. The van der Waals surface area contributed by atoms with E-state index < -0.39 is 11.9 Å². The average molecular weight is 404 g/mol. The highest BCUT2D eigenvalue weighted by molar-refractivity contribution is 5.95. The van der Waals surface area contributed by atoms with Gasteiger partial charge in [0.2, 0.25) is 5.91 Å². The standard InChI is InChI=1S/C23H17FN2O4/c24-17-11-5-14(6-12-17)13-18(15-7-9-16(10-8-15)22(28)29)21(27)26-23-25-19-3-1-2-4-20(19)30-23/h1-12,18H,13H2,(H,28,29)(H,25,26,27). The van der Waals surface area contributed by atoms with Crippen molar-refractivity contribution in [2.75, 3.05) is 5.32 Å². The Morgan fingerprint density at radius 3 is 2.37 bits per heavy atom. The second kappa shape index (κ2) is 8.16. The highest BCUT2D eigenvalue weighted by Gasteiger charge is 2.23. The summed E-state index contributed by atoms with van der Waals surface area (Å²) in [5.74, 6) is -2.44. The molecule has 0 aliphatic rings. The van der Waals surface area contributed by atoms with Crippen molar-refractivity contribution in [1.82, 2.24) is 4.98 Å². The summed E-state index contributed by atoms with van der Waals surface area (Å²) in [6.45, 7) is 0. The number of aromatic nitrogens is 1. The van der Waals surface area contributed by atoms with Crippen molar-refractivity contribution in [3.8, 4) is 0 Å². The lowest BCUT2D eigenvalue weighted by Gasteiger charge is -2.16. The number of rotatable bonds is 6. The molecule has 6 nitrogen and oxygen atoms in total. The first kappa shape index (κ1) is 19.3. The minimum Gasteiger partial charge on any atom is -0.478 e. The van der Waals surface area contributed by atoms with Crippen LogP contribution in [0.4, 0.5) is 10.4 Å². The SMILES string of the molecule is O=C(O)c1ccc(C(Cc2ccc(F)cc2)C(=O)Nc2nc3ccccc3o2)cc1. The number of carbonyl (C=O) groups excluding carboxylic acids is 1. The molecule has 7 heteroatoms. The molecule has 1 amide bonds. The molecule has 2 N–H and O–H groups in total. The number of halogens is 1. The summed E-state index contributed by atoms with van der Waals surface area (Å²) in [5, 5.41) is 11.8. The van der Waals surface area contributed by atoms with E-state index in [0.29, 0.717) is 23.1 Å². The van der Waals surface area contributed by atoms with Crippen molar-refractivity contribution < 1.29 is 23.5 Å². The molecule has 0 saturated carbocycles. The largest absolute Gasteiger partial charge is 0.478 e. The number of hydrogen-bond acceptors (Lipinski definition) is 4. The molecule has 1 heterocycles. The van der Waals surface area contributed by atoms with Gasteiger partial charge < -0.3 is 9.52 Å². The molecule has 0 aliphatic carbocycles. The first-order chi connectivity index (χ1) is 14.5. The number of fused-ring (bicyclic) bond motifs is 1. The van der Waals surface area contributed by atoms with E-state index in [2.05, 4.69) is 10.3 Å². The Balaban J connectivity index is 1.63. The third-order valence-electron chi connectivity index (χ3n) is 4.75. The highest BCUT2D eigenvalue weighted by atomic mass is 19.1. The first-order valence-corrected chi connectivity index (χ1v) is 9.24. The zero-order valence-corrected chi connectivity index (χ0v) is 15.7. The maximum atomic E-state index is 13.3. The van der Waals surface area contributed by atoms with Gasteiger partial charge in [-0.05, 0) is 53.9 Å². The molecule has 0 aliphatic heterocycles. The quantitative estimate of drug-likeness (QED) is 0.489. The van der Waals surface area contributed by atoms with Crippen LogP contribution in [0.3, 0.4) is 0 Å². The number of aromatic carboxylic acids is 1. The van der Waals surface area contributed by atoms with Crippen LogP contribution in [0.15, 0.2) is 77.2 Å². The van der Waals surface area contributed by atoms with E-state index in [9.17, 15) is 14.0 Å². The average Bonchev–Trinajstić information content (AvgIpc) is 3.15. The van der Waals surface area contributed by atoms with Crippen LogP contribution in [0.2, 0.25) is 0 Å². The van der Waals surface area contributed by atoms with Crippen LogP contribution in [-0.4, -0.2) is 22.0 Å². The maximum absolute atomic E-state index is 13.3. The fraction of sp³-hybridized carbons (Fsp3) is 0.0870. The Kier molecular flexibility index (Phi) is 5.26. The maximum Gasteiger partial charge on any atom is 0.335 e. The predicted molar refractivity (Wildman–Crippen MR) is 109 cm³/mol. The predicted octanol–water partition coefficient (Wildman–Crippen LogP) is 4.63. The second-order valence-electron chi connectivity index (χ2n) is 6.79. The molecule has 0 fully saturated rings. The fourth-order valence-electron chi connectivity index (χ4n) is 3.19. The van der Waals surface area contributed by atoms with E-state index in [1.165, 1.54) is 24.3 Å². The molecule has 0 bridgehead atoms. The van der Waals surface area contributed by atoms with Crippen molar-refractivity contribution in [1.29, 1.82) is 0 Å². The Morgan fingerprint density at radius 1 is 1.00 bits per heavy atom. The van der Waals surface area contributed by atoms with E-state index in [1.807, 2.05) is 6.07 Å². The van der Waals surface area contributed by atoms with Crippen molar-refractivity contribution in [2.45, 2.75) is 12.3 Å². The summed E-state index contributed by atoms with van der Waals surface area (Å²) in [7, 11) is 0. The van der Waals surface area contributed by atoms with Crippen molar-refractivity contribution in [3.05, 3.63) is 95.3 Å². The minimum absolute atomic E-state index is 0.0764. The number of carboxylic acids is 1. The third-order valence-corrected chi connectivity index (χ3v) is 4.75. The van der Waals surface area contributed by atoms with Gasteiger partial charge in [-0.15, -0.1) is 0 Å². The molecule has 0 radical (unpaired) electrons. The lowest BCUT2D eigenvalue weighted by molar-refractivity contribution is -0.117. The fourth-order valence-corrected chi connectivity index (χ4v) is 3.19. The molecular weight excluding hydrogens is 387 g/mol. The number of nitrogens with zero attached hydrogens (tertiary/aromatic N) is 1. The number of hydrogen-bond donors (Lipinski definition) is 2. The molecule has 3 aromatic carbocycles. The lowest BCUT2D eigenvalue weighted by atomic mass is 9.90. The van der Waals surface area contributed by atoms with E-state index in [-0.39, 0.29) is 23.3 Å². The molecule has 0 spiro atoms. The van der Waals surface area contributed by atoms with Crippen LogP contribution in [0.1, 0.15) is 27.4 Å². The zero-order valence-electron chi connectivity index (χ0n) is 15.7. The molecule has 1 unspecified atom stereocenters. The van der Waals surface area contributed by atoms with Gasteiger partial charge in [-0.1, -0.05) is 36.4 Å². The molecule has 4 rings (SSSR count). The van der Waals surface area contributed by atoms with Crippen molar-refractivity contribution in [3.63, 3.8) is 0 Å². The number of nitrogens with one attached hydrogen (secondary N) is 1. The van der Waals surface area contributed by atoms with Crippen molar-refractivity contribution >= 4 is 29.0 Å². The molecule has 150 valence electrons. The van der Waals surface area contributed by atoms with Gasteiger partial charge in [0.25, 0.3) is 0 Å². The summed E-state index contributed by atoms with van der Waals surface area (Å²) in [6.07, 6.45) is 0.290. The van der Waals surface area contributed by atoms with Gasteiger partial charge in [-0.25, -0.2) is 9.18 Å². The second-order valence-corrected chi connectivity index (χ2v) is 6.79. The number of amides is 1. The summed E-state index contributed by atoms with van der Waals surface area (Å²) in [6, 6.07) is 19.2. The molecule has 0 saturated heterocycles. The third kappa shape index (κ3) is 4.20. The molecule has 30 heavy (non-hydrogen) atoms. The van der Waals surface area contributed by atoms with Gasteiger partial charge in [-0.2, -0.15) is 4.98 Å². The monoisotopic (exact) mass is 404 g/mol. The lowest BCUT2D eigenvalue weighted by Crippen LogP contribution is -2.23. The smallest absolute Gasteiger partial charge is 0.335 e. The molecule has 1 aromatic heterocycles. The van der Waals surface area contributed by atoms with E-state index >= 15 is 0 Å². The zero-order chi connectivity index (χ0) is 21.1. The first-order valence-electron chi connectivity index (χ1n) is 9.24. The summed E-state index contributed by atoms with van der Waals surface area (Å²) < 4.78 is 18.8. The van der Waals surface area contributed by atoms with E-state index in [1.54, 1.807) is 42.5 Å². The van der Waals surface area contributed by atoms with Crippen LogP contribution in [-0.2, 0) is 11.2 Å². The molecule has 4 aromatic rings. The summed E-state index contributed by atoms with van der Waals surface area (Å²) in [4.78, 5) is 28.5. The van der Waals surface area contributed by atoms with Gasteiger partial charge >= 0.3 is 12.0 Å². The Morgan fingerprint density at radius 2 is 1.70 bits per heavy atom. The van der Waals surface area contributed by atoms with Gasteiger partial charge in [0.1, 0.15) is 11.3 Å². The number of carboxylic acid groups (broad SMARTS) is 1. The number of benzene rings is 3. The van der Waals surface area contributed by atoms with E-state index in [0.717, 1.165) is 5.56 Å². The van der Waals surface area contributed by atoms with Gasteiger partial charge in [0, 0.05) is 0 Å². The topological polar surface area (TPSA) is 92.4 Å². The summed E-state index contributed by atoms with van der Waals surface area (Å²) in [5.41, 5.74) is 2.68. The number of anilines is 1. The Bertz CT molecular complexity index is 1170. The van der Waals surface area contributed by atoms with Crippen LogP contribution in [0, 0.1) is 5.82 Å². The number of oxazole rings is 1. The molecular formula is C23H17FN2O4. The van der Waals surface area contributed by atoms with Crippen molar-refractivity contribution in [2.24, 2.45) is 0 Å². The van der Waals surface area contributed by atoms with E-state index in [4.69, 9.17) is 9.52 Å².